The predicted molar refractivity (Wildman–Crippen MR) is 123 cm³/mol. The molecule has 2 aromatic carbocycles. The number of likely N-dealkylation sites (tertiary alicyclic amines) is 1. The van der Waals surface area contributed by atoms with Crippen LogP contribution >= 0.6 is 23.1 Å². The van der Waals surface area contributed by atoms with Gasteiger partial charge in [-0.2, -0.15) is 0 Å². The van der Waals surface area contributed by atoms with Crippen LogP contribution < -0.4 is 0 Å². The first-order valence-electron chi connectivity index (χ1n) is 10.3. The van der Waals surface area contributed by atoms with Gasteiger partial charge in [0.15, 0.2) is 0 Å². The summed E-state index contributed by atoms with van der Waals surface area (Å²) in [6.45, 7) is 4.15. The maximum absolute atomic E-state index is 12.9. The quantitative estimate of drug-likeness (QED) is 0.453. The van der Waals surface area contributed by atoms with Crippen molar-refractivity contribution in [2.45, 2.75) is 42.6 Å². The van der Waals surface area contributed by atoms with Gasteiger partial charge in [0, 0.05) is 35.5 Å². The molecule has 156 valence electrons. The second-order valence-electron chi connectivity index (χ2n) is 7.53. The number of hydrogen-bond acceptors (Lipinski definition) is 5. The van der Waals surface area contributed by atoms with Gasteiger partial charge in [0.2, 0.25) is 0 Å². The van der Waals surface area contributed by atoms with Crippen LogP contribution in [-0.2, 0) is 17.1 Å². The predicted octanol–water partition coefficient (Wildman–Crippen LogP) is 5.57. The normalized spacial score (nSPS) is 14.8. The van der Waals surface area contributed by atoms with E-state index in [1.54, 1.807) is 23.1 Å². The number of rotatable bonds is 7. The van der Waals surface area contributed by atoms with Gasteiger partial charge in [0.25, 0.3) is 5.91 Å². The van der Waals surface area contributed by atoms with Crippen molar-refractivity contribution in [1.82, 2.24) is 9.88 Å². The molecule has 0 spiro atoms. The van der Waals surface area contributed by atoms with Crippen molar-refractivity contribution in [2.24, 2.45) is 0 Å². The van der Waals surface area contributed by atoms with E-state index in [-0.39, 0.29) is 12.0 Å². The molecule has 30 heavy (non-hydrogen) atoms. The number of nitrogens with zero attached hydrogens (tertiary/aromatic N) is 2. The number of carbonyl (C=O) groups is 1. The number of carbonyl (C=O) groups excluding carboxylic acids is 1. The van der Waals surface area contributed by atoms with Gasteiger partial charge in [-0.25, -0.2) is 4.98 Å². The fourth-order valence-electron chi connectivity index (χ4n) is 3.48. The average molecular weight is 439 g/mol. The first kappa shape index (κ1) is 21.1. The topological polar surface area (TPSA) is 42.4 Å². The van der Waals surface area contributed by atoms with Crippen molar-refractivity contribution in [1.29, 1.82) is 0 Å². The maximum Gasteiger partial charge on any atom is 0.253 e. The summed E-state index contributed by atoms with van der Waals surface area (Å²) in [5, 5.41) is 2.07. The molecule has 0 saturated carbocycles. The minimum absolute atomic E-state index is 0.117. The van der Waals surface area contributed by atoms with Crippen LogP contribution in [0.1, 0.15) is 40.0 Å². The molecule has 1 fully saturated rings. The molecule has 1 amide bonds. The lowest BCUT2D eigenvalue weighted by Gasteiger charge is -2.32. The van der Waals surface area contributed by atoms with Crippen LogP contribution in [0.5, 0.6) is 0 Å². The lowest BCUT2D eigenvalue weighted by atomic mass is 10.1. The summed E-state index contributed by atoms with van der Waals surface area (Å²) in [5.74, 6) is 0.984. The molecule has 1 aromatic heterocycles. The Morgan fingerprint density at radius 2 is 1.83 bits per heavy atom. The molecule has 6 heteroatoms. The minimum Gasteiger partial charge on any atom is -0.373 e. The Kier molecular flexibility index (Phi) is 7.20. The number of amides is 1. The van der Waals surface area contributed by atoms with E-state index in [9.17, 15) is 4.79 Å². The molecular formula is C24H26N2O2S2. The molecule has 2 heterocycles. The van der Waals surface area contributed by atoms with Crippen molar-refractivity contribution >= 4 is 29.0 Å². The molecule has 3 aromatic rings. The SMILES string of the molecule is Cc1csc(SCc2ccc(C(=O)N3CCC(OCc4ccccc4)CC3)cc2)n1. The Morgan fingerprint density at radius 1 is 1.10 bits per heavy atom. The molecule has 0 aliphatic carbocycles. The minimum atomic E-state index is 0.117. The zero-order valence-corrected chi connectivity index (χ0v) is 18.8. The largest absolute Gasteiger partial charge is 0.373 e. The number of aromatic nitrogens is 1. The lowest BCUT2D eigenvalue weighted by molar-refractivity contribution is -0.000379. The van der Waals surface area contributed by atoms with E-state index in [2.05, 4.69) is 34.6 Å². The van der Waals surface area contributed by atoms with E-state index < -0.39 is 0 Å². The summed E-state index contributed by atoms with van der Waals surface area (Å²) < 4.78 is 7.13. The Bertz CT molecular complexity index is 949. The summed E-state index contributed by atoms with van der Waals surface area (Å²) in [5.41, 5.74) is 4.23. The Balaban J connectivity index is 1.23. The van der Waals surface area contributed by atoms with Gasteiger partial charge >= 0.3 is 0 Å². The molecule has 0 bridgehead atoms. The van der Waals surface area contributed by atoms with Gasteiger partial charge in [0.05, 0.1) is 12.7 Å². The van der Waals surface area contributed by atoms with E-state index in [4.69, 9.17) is 4.74 Å². The Hall–Kier alpha value is -2.15. The third-order valence-electron chi connectivity index (χ3n) is 5.22. The number of piperidine rings is 1. The molecule has 0 radical (unpaired) electrons. The third kappa shape index (κ3) is 5.72. The first-order chi connectivity index (χ1) is 14.7. The van der Waals surface area contributed by atoms with Gasteiger partial charge in [-0.15, -0.1) is 11.3 Å². The molecule has 0 N–H and O–H groups in total. The molecule has 1 aliphatic heterocycles. The third-order valence-corrected chi connectivity index (χ3v) is 7.43. The fourth-order valence-corrected chi connectivity index (χ4v) is 5.29. The summed E-state index contributed by atoms with van der Waals surface area (Å²) >= 11 is 3.42. The van der Waals surface area contributed by atoms with Crippen LogP contribution in [0.15, 0.2) is 64.3 Å². The summed E-state index contributed by atoms with van der Waals surface area (Å²) in [7, 11) is 0. The maximum atomic E-state index is 12.9. The monoisotopic (exact) mass is 438 g/mol. The fraction of sp³-hybridized carbons (Fsp3) is 0.333. The van der Waals surface area contributed by atoms with Crippen molar-refractivity contribution in [3.05, 3.63) is 82.4 Å². The summed E-state index contributed by atoms with van der Waals surface area (Å²) in [6, 6.07) is 18.2. The van der Waals surface area contributed by atoms with Crippen LogP contribution in [0.4, 0.5) is 0 Å². The van der Waals surface area contributed by atoms with Crippen molar-refractivity contribution in [3.63, 3.8) is 0 Å². The summed E-state index contributed by atoms with van der Waals surface area (Å²) in [4.78, 5) is 19.3. The molecule has 0 unspecified atom stereocenters. The number of benzene rings is 2. The smallest absolute Gasteiger partial charge is 0.253 e. The van der Waals surface area contributed by atoms with E-state index in [1.807, 2.05) is 42.2 Å². The Morgan fingerprint density at radius 3 is 2.50 bits per heavy atom. The van der Waals surface area contributed by atoms with Crippen LogP contribution in [0, 0.1) is 6.92 Å². The number of thiazole rings is 1. The van der Waals surface area contributed by atoms with Crippen LogP contribution in [0.3, 0.4) is 0 Å². The van der Waals surface area contributed by atoms with Crippen molar-refractivity contribution in [2.75, 3.05) is 13.1 Å². The van der Waals surface area contributed by atoms with Gasteiger partial charge in [-0.3, -0.25) is 4.79 Å². The highest BCUT2D eigenvalue weighted by atomic mass is 32.2. The number of ether oxygens (including phenoxy) is 1. The highest BCUT2D eigenvalue weighted by Crippen LogP contribution is 2.26. The standard InChI is InChI=1S/C24H26N2O2S2/c1-18-16-29-24(25-18)30-17-20-7-9-21(10-8-20)23(27)26-13-11-22(12-14-26)28-15-19-5-3-2-4-6-19/h2-10,16,22H,11-15,17H2,1H3. The number of thioether (sulfide) groups is 1. The second-order valence-corrected chi connectivity index (χ2v) is 9.61. The summed E-state index contributed by atoms with van der Waals surface area (Å²) in [6.07, 6.45) is 2.00. The Labute approximate surface area is 186 Å². The first-order valence-corrected chi connectivity index (χ1v) is 12.1. The zero-order valence-electron chi connectivity index (χ0n) is 17.1. The van der Waals surface area contributed by atoms with Gasteiger partial charge in [0.1, 0.15) is 4.34 Å². The van der Waals surface area contributed by atoms with E-state index >= 15 is 0 Å². The molecule has 1 aliphatic rings. The van der Waals surface area contributed by atoms with Crippen LogP contribution in [0.25, 0.3) is 0 Å². The van der Waals surface area contributed by atoms with E-state index in [0.717, 1.165) is 47.3 Å². The van der Waals surface area contributed by atoms with Crippen LogP contribution in [-0.4, -0.2) is 35.0 Å². The highest BCUT2D eigenvalue weighted by Gasteiger charge is 2.24. The van der Waals surface area contributed by atoms with Crippen LogP contribution in [0.2, 0.25) is 0 Å². The molecule has 4 nitrogen and oxygen atoms in total. The lowest BCUT2D eigenvalue weighted by Crippen LogP contribution is -2.40. The van der Waals surface area contributed by atoms with E-state index in [1.165, 1.54) is 11.1 Å². The second kappa shape index (κ2) is 10.2. The average Bonchev–Trinajstić information content (AvgIpc) is 3.22. The van der Waals surface area contributed by atoms with Gasteiger partial charge < -0.3 is 9.64 Å². The molecular weight excluding hydrogens is 412 g/mol. The zero-order chi connectivity index (χ0) is 20.8. The number of hydrogen-bond donors (Lipinski definition) is 0. The van der Waals surface area contributed by atoms with Crippen molar-refractivity contribution < 1.29 is 9.53 Å². The molecule has 1 saturated heterocycles. The highest BCUT2D eigenvalue weighted by molar-refractivity contribution is 8.00. The molecule has 0 atom stereocenters. The van der Waals surface area contributed by atoms with Gasteiger partial charge in [-0.05, 0) is 43.0 Å². The molecule has 4 rings (SSSR count). The van der Waals surface area contributed by atoms with E-state index in [0.29, 0.717) is 6.61 Å². The van der Waals surface area contributed by atoms with Gasteiger partial charge in [-0.1, -0.05) is 54.2 Å². The number of aryl methyl sites for hydroxylation is 1. The van der Waals surface area contributed by atoms with Crippen molar-refractivity contribution in [3.8, 4) is 0 Å².